The highest BCUT2D eigenvalue weighted by Gasteiger charge is 2.22. The Labute approximate surface area is 97.1 Å². The van der Waals surface area contributed by atoms with Crippen molar-refractivity contribution >= 4 is 0 Å². The molecule has 1 fully saturated rings. The maximum atomic E-state index is 9.24. The zero-order valence-corrected chi connectivity index (χ0v) is 9.98. The number of phenolic OH excluding ortho intramolecular Hbond substituents is 1. The highest BCUT2D eigenvalue weighted by Crippen LogP contribution is 2.20. The van der Waals surface area contributed by atoms with Crippen molar-refractivity contribution in [3.05, 3.63) is 29.8 Å². The molecule has 1 atom stereocenters. The number of benzene rings is 1. The van der Waals surface area contributed by atoms with Crippen molar-refractivity contribution < 1.29 is 5.11 Å². The summed E-state index contributed by atoms with van der Waals surface area (Å²) in [5, 5.41) is 12.5. The predicted octanol–water partition coefficient (Wildman–Crippen LogP) is 1.40. The summed E-state index contributed by atoms with van der Waals surface area (Å²) in [7, 11) is 2.18. The van der Waals surface area contributed by atoms with Crippen LogP contribution >= 0.6 is 0 Å². The van der Waals surface area contributed by atoms with E-state index in [2.05, 4.69) is 24.2 Å². The van der Waals surface area contributed by atoms with Crippen molar-refractivity contribution in [2.24, 2.45) is 0 Å². The average molecular weight is 220 g/mol. The summed E-state index contributed by atoms with van der Waals surface area (Å²) in [6, 6.07) is 8.23. The van der Waals surface area contributed by atoms with Gasteiger partial charge < -0.3 is 15.3 Å². The van der Waals surface area contributed by atoms with Crippen LogP contribution in [0.15, 0.2) is 24.3 Å². The summed E-state index contributed by atoms with van der Waals surface area (Å²) in [4.78, 5) is 2.41. The number of hydrogen-bond acceptors (Lipinski definition) is 3. The van der Waals surface area contributed by atoms with Crippen LogP contribution < -0.4 is 5.32 Å². The third-order valence-corrected chi connectivity index (χ3v) is 3.41. The van der Waals surface area contributed by atoms with Crippen molar-refractivity contribution in [2.45, 2.75) is 18.9 Å². The Morgan fingerprint density at radius 3 is 2.50 bits per heavy atom. The molecule has 1 aliphatic heterocycles. The fourth-order valence-electron chi connectivity index (χ4n) is 2.07. The third kappa shape index (κ3) is 2.54. The van der Waals surface area contributed by atoms with Gasteiger partial charge in [-0.15, -0.1) is 0 Å². The van der Waals surface area contributed by atoms with E-state index in [9.17, 15) is 5.11 Å². The predicted molar refractivity (Wildman–Crippen MR) is 65.8 cm³/mol. The van der Waals surface area contributed by atoms with Crippen LogP contribution in [0.3, 0.4) is 0 Å². The van der Waals surface area contributed by atoms with Crippen molar-refractivity contribution in [1.82, 2.24) is 10.2 Å². The van der Waals surface area contributed by atoms with Crippen LogP contribution in [0, 0.1) is 0 Å². The fourth-order valence-corrected chi connectivity index (χ4v) is 2.07. The quantitative estimate of drug-likeness (QED) is 0.805. The second-order valence-electron chi connectivity index (χ2n) is 4.74. The maximum Gasteiger partial charge on any atom is 0.115 e. The van der Waals surface area contributed by atoms with Crippen LogP contribution in [0.1, 0.15) is 18.4 Å². The lowest BCUT2D eigenvalue weighted by Gasteiger charge is -2.37. The SMILES string of the molecule is CC(CN(C)C1CNC1)c1ccc(O)cc1. The summed E-state index contributed by atoms with van der Waals surface area (Å²) in [6.07, 6.45) is 0. The highest BCUT2D eigenvalue weighted by molar-refractivity contribution is 5.28. The smallest absolute Gasteiger partial charge is 0.115 e. The lowest BCUT2D eigenvalue weighted by atomic mass is 9.99. The fraction of sp³-hybridized carbons (Fsp3) is 0.538. The van der Waals surface area contributed by atoms with E-state index in [-0.39, 0.29) is 0 Å². The van der Waals surface area contributed by atoms with Gasteiger partial charge in [0.15, 0.2) is 0 Å². The van der Waals surface area contributed by atoms with E-state index < -0.39 is 0 Å². The topological polar surface area (TPSA) is 35.5 Å². The molecule has 3 nitrogen and oxygen atoms in total. The van der Waals surface area contributed by atoms with Gasteiger partial charge in [0.05, 0.1) is 0 Å². The van der Waals surface area contributed by atoms with E-state index in [1.807, 2.05) is 12.1 Å². The lowest BCUT2D eigenvalue weighted by Crippen LogP contribution is -2.56. The van der Waals surface area contributed by atoms with Crippen LogP contribution in [-0.2, 0) is 0 Å². The molecule has 1 aromatic rings. The van der Waals surface area contributed by atoms with Crippen molar-refractivity contribution in [2.75, 3.05) is 26.7 Å². The van der Waals surface area contributed by atoms with Gasteiger partial charge >= 0.3 is 0 Å². The zero-order chi connectivity index (χ0) is 11.5. The summed E-state index contributed by atoms with van der Waals surface area (Å²) < 4.78 is 0. The number of nitrogens with zero attached hydrogens (tertiary/aromatic N) is 1. The summed E-state index contributed by atoms with van der Waals surface area (Å²) >= 11 is 0. The van der Waals surface area contributed by atoms with Gasteiger partial charge in [0.25, 0.3) is 0 Å². The van der Waals surface area contributed by atoms with Crippen molar-refractivity contribution in [3.8, 4) is 5.75 Å². The molecule has 1 heterocycles. The molecule has 0 aromatic heterocycles. The van der Waals surface area contributed by atoms with E-state index in [4.69, 9.17) is 0 Å². The third-order valence-electron chi connectivity index (χ3n) is 3.41. The number of rotatable bonds is 4. The Morgan fingerprint density at radius 2 is 2.00 bits per heavy atom. The Morgan fingerprint density at radius 1 is 1.38 bits per heavy atom. The van der Waals surface area contributed by atoms with E-state index in [0.29, 0.717) is 17.7 Å². The monoisotopic (exact) mass is 220 g/mol. The molecule has 88 valence electrons. The van der Waals surface area contributed by atoms with Crippen molar-refractivity contribution in [1.29, 1.82) is 0 Å². The highest BCUT2D eigenvalue weighted by atomic mass is 16.3. The molecule has 1 saturated heterocycles. The lowest BCUT2D eigenvalue weighted by molar-refractivity contribution is 0.173. The normalized spacial score (nSPS) is 18.4. The van der Waals surface area contributed by atoms with Crippen LogP contribution in [-0.4, -0.2) is 42.7 Å². The standard InChI is InChI=1S/C13H20N2O/c1-10(9-15(2)12-7-14-8-12)11-3-5-13(16)6-4-11/h3-6,10,12,14,16H,7-9H2,1-2H3. The first kappa shape index (κ1) is 11.4. The first-order valence-electron chi connectivity index (χ1n) is 5.86. The summed E-state index contributed by atoms with van der Waals surface area (Å²) in [5.41, 5.74) is 1.29. The number of likely N-dealkylation sites (N-methyl/N-ethyl adjacent to an activating group) is 1. The molecule has 3 heteroatoms. The molecule has 1 unspecified atom stereocenters. The molecule has 2 rings (SSSR count). The minimum Gasteiger partial charge on any atom is -0.508 e. The van der Waals surface area contributed by atoms with Gasteiger partial charge in [-0.3, -0.25) is 0 Å². The van der Waals surface area contributed by atoms with Crippen LogP contribution in [0.4, 0.5) is 0 Å². The average Bonchev–Trinajstić information content (AvgIpc) is 2.15. The first-order chi connectivity index (χ1) is 7.66. The van der Waals surface area contributed by atoms with E-state index >= 15 is 0 Å². The largest absolute Gasteiger partial charge is 0.508 e. The van der Waals surface area contributed by atoms with Gasteiger partial charge in [0, 0.05) is 25.7 Å². The molecular weight excluding hydrogens is 200 g/mol. The minimum absolute atomic E-state index is 0.340. The number of phenols is 1. The molecule has 16 heavy (non-hydrogen) atoms. The van der Waals surface area contributed by atoms with Crippen LogP contribution in [0.5, 0.6) is 5.75 Å². The molecule has 0 radical (unpaired) electrons. The Balaban J connectivity index is 1.91. The molecule has 1 aromatic carbocycles. The molecule has 0 spiro atoms. The van der Waals surface area contributed by atoms with E-state index in [1.54, 1.807) is 12.1 Å². The zero-order valence-electron chi connectivity index (χ0n) is 9.98. The maximum absolute atomic E-state index is 9.24. The molecule has 0 saturated carbocycles. The Hall–Kier alpha value is -1.06. The van der Waals surface area contributed by atoms with E-state index in [1.165, 1.54) is 5.56 Å². The second kappa shape index (κ2) is 4.85. The Kier molecular flexibility index (Phi) is 3.46. The molecular formula is C13H20N2O. The van der Waals surface area contributed by atoms with Crippen LogP contribution in [0.25, 0.3) is 0 Å². The number of hydrogen-bond donors (Lipinski definition) is 2. The summed E-state index contributed by atoms with van der Waals surface area (Å²) in [6.45, 7) is 5.52. The first-order valence-corrected chi connectivity index (χ1v) is 5.86. The molecule has 1 aliphatic rings. The van der Waals surface area contributed by atoms with Crippen molar-refractivity contribution in [3.63, 3.8) is 0 Å². The minimum atomic E-state index is 0.340. The second-order valence-corrected chi connectivity index (χ2v) is 4.74. The molecule has 0 amide bonds. The Bertz CT molecular complexity index is 332. The van der Waals surface area contributed by atoms with Gasteiger partial charge in [0.1, 0.15) is 5.75 Å². The van der Waals surface area contributed by atoms with Gasteiger partial charge in [-0.25, -0.2) is 0 Å². The van der Waals surface area contributed by atoms with Crippen LogP contribution in [0.2, 0.25) is 0 Å². The van der Waals surface area contributed by atoms with Gasteiger partial charge in [-0.1, -0.05) is 19.1 Å². The molecule has 0 aliphatic carbocycles. The molecule has 0 bridgehead atoms. The number of nitrogens with one attached hydrogen (secondary N) is 1. The van der Waals surface area contributed by atoms with Gasteiger partial charge in [-0.2, -0.15) is 0 Å². The molecule has 2 N–H and O–H groups in total. The summed E-state index contributed by atoms with van der Waals surface area (Å²) in [5.74, 6) is 0.846. The number of aromatic hydroxyl groups is 1. The van der Waals surface area contributed by atoms with Gasteiger partial charge in [0.2, 0.25) is 0 Å². The van der Waals surface area contributed by atoms with Gasteiger partial charge in [-0.05, 0) is 30.7 Å². The van der Waals surface area contributed by atoms with E-state index in [0.717, 1.165) is 19.6 Å².